The summed E-state index contributed by atoms with van der Waals surface area (Å²) in [5, 5.41) is 36.6. The third kappa shape index (κ3) is 8.96. The SMILES string of the molecule is CSCCC(NC(=O)C(Cc1ccc(O)cc1)NC(=O)C(N)Cc1c[nH]c2ccccc12)C(=O)NC(CO)C(=O)O. The average Bonchev–Trinajstić information content (AvgIpc) is 3.36. The summed E-state index contributed by atoms with van der Waals surface area (Å²) in [5.41, 5.74) is 8.61. The maximum absolute atomic E-state index is 13.5. The van der Waals surface area contributed by atoms with Crippen molar-refractivity contribution in [1.82, 2.24) is 20.9 Å². The van der Waals surface area contributed by atoms with Crippen LogP contribution in [0.4, 0.5) is 0 Å². The first-order chi connectivity index (χ1) is 19.6. The first-order valence-corrected chi connectivity index (χ1v) is 14.3. The molecule has 3 amide bonds. The number of thioether (sulfide) groups is 1. The van der Waals surface area contributed by atoms with E-state index >= 15 is 0 Å². The quantitative estimate of drug-likeness (QED) is 0.123. The van der Waals surface area contributed by atoms with Crippen LogP contribution in [0, 0.1) is 0 Å². The molecule has 3 aromatic rings. The Labute approximate surface area is 241 Å². The Hall–Kier alpha value is -4.07. The largest absolute Gasteiger partial charge is 0.508 e. The lowest BCUT2D eigenvalue weighted by molar-refractivity contribution is -0.143. The van der Waals surface area contributed by atoms with E-state index in [0.29, 0.717) is 11.3 Å². The maximum atomic E-state index is 13.5. The second kappa shape index (κ2) is 15.1. The summed E-state index contributed by atoms with van der Waals surface area (Å²) < 4.78 is 0. The number of phenols is 1. The molecular weight excluding hydrogens is 550 g/mol. The Kier molecular flexibility index (Phi) is 11.6. The molecule has 4 unspecified atom stereocenters. The van der Waals surface area contributed by atoms with E-state index < -0.39 is 54.5 Å². The van der Waals surface area contributed by atoms with Gasteiger partial charge in [0, 0.05) is 23.5 Å². The number of hydrogen-bond acceptors (Lipinski definition) is 8. The molecule has 1 heterocycles. The van der Waals surface area contributed by atoms with Crippen molar-refractivity contribution in [1.29, 1.82) is 0 Å². The van der Waals surface area contributed by atoms with E-state index in [1.54, 1.807) is 18.3 Å². The Morgan fingerprint density at radius 3 is 2.20 bits per heavy atom. The number of para-hydroxylation sites is 1. The van der Waals surface area contributed by atoms with Gasteiger partial charge >= 0.3 is 5.97 Å². The maximum Gasteiger partial charge on any atom is 0.328 e. The first kappa shape index (κ1) is 31.5. The molecular formula is C28H35N5O7S. The number of aliphatic hydroxyl groups is 1. The minimum Gasteiger partial charge on any atom is -0.508 e. The van der Waals surface area contributed by atoms with Gasteiger partial charge in [0.05, 0.1) is 12.6 Å². The van der Waals surface area contributed by atoms with Crippen molar-refractivity contribution in [3.05, 3.63) is 65.9 Å². The number of benzene rings is 2. The van der Waals surface area contributed by atoms with Crippen molar-refractivity contribution in [2.24, 2.45) is 5.73 Å². The number of nitrogens with two attached hydrogens (primary N) is 1. The normalized spacial score (nSPS) is 14.0. The predicted molar refractivity (Wildman–Crippen MR) is 155 cm³/mol. The van der Waals surface area contributed by atoms with E-state index in [1.165, 1.54) is 23.9 Å². The van der Waals surface area contributed by atoms with E-state index in [-0.39, 0.29) is 25.0 Å². The summed E-state index contributed by atoms with van der Waals surface area (Å²) in [6.07, 6.45) is 4.01. The van der Waals surface area contributed by atoms with Gasteiger partial charge in [-0.15, -0.1) is 0 Å². The lowest BCUT2D eigenvalue weighted by Crippen LogP contribution is -2.58. The van der Waals surface area contributed by atoms with Crippen molar-refractivity contribution in [3.63, 3.8) is 0 Å². The number of rotatable bonds is 15. The summed E-state index contributed by atoms with van der Waals surface area (Å²) >= 11 is 1.43. The molecule has 12 nitrogen and oxygen atoms in total. The second-order valence-electron chi connectivity index (χ2n) is 9.53. The molecule has 0 saturated carbocycles. The van der Waals surface area contributed by atoms with E-state index in [0.717, 1.165) is 16.5 Å². The van der Waals surface area contributed by atoms with Crippen LogP contribution in [0.2, 0.25) is 0 Å². The standard InChI is InChI=1S/C28H35N5O7S/c1-41-11-10-22(26(37)33-24(15-34)28(39)40)31-27(38)23(12-16-6-8-18(35)9-7-16)32-25(36)20(29)13-17-14-30-21-5-3-2-4-19(17)21/h2-9,14,20,22-24,30,34-35H,10-13,15,29H2,1H3,(H,31,38)(H,32,36)(H,33,37)(H,39,40). The van der Waals surface area contributed by atoms with Gasteiger partial charge in [0.15, 0.2) is 0 Å². The van der Waals surface area contributed by atoms with Gasteiger partial charge in [-0.25, -0.2) is 4.79 Å². The Balaban J connectivity index is 1.77. The number of aromatic nitrogens is 1. The molecule has 4 atom stereocenters. The summed E-state index contributed by atoms with van der Waals surface area (Å²) in [6, 6.07) is 8.91. The van der Waals surface area contributed by atoms with E-state index in [1.807, 2.05) is 30.5 Å². The number of hydrogen-bond donors (Lipinski definition) is 8. The number of aromatic amines is 1. The fourth-order valence-corrected chi connectivity index (χ4v) is 4.69. The van der Waals surface area contributed by atoms with Crippen LogP contribution in [0.1, 0.15) is 17.5 Å². The number of fused-ring (bicyclic) bond motifs is 1. The van der Waals surface area contributed by atoms with Crippen molar-refractivity contribution in [3.8, 4) is 5.75 Å². The molecule has 0 saturated heterocycles. The first-order valence-electron chi connectivity index (χ1n) is 12.9. The summed E-state index contributed by atoms with van der Waals surface area (Å²) in [7, 11) is 0. The average molecular weight is 586 g/mol. The third-order valence-corrected chi connectivity index (χ3v) is 7.15. The zero-order valence-corrected chi connectivity index (χ0v) is 23.3. The minimum atomic E-state index is -1.54. The van der Waals surface area contributed by atoms with Gasteiger partial charge in [0.25, 0.3) is 0 Å². The number of nitrogens with one attached hydrogen (secondary N) is 4. The zero-order chi connectivity index (χ0) is 29.9. The molecule has 220 valence electrons. The monoisotopic (exact) mass is 585 g/mol. The van der Waals surface area contributed by atoms with Crippen molar-refractivity contribution in [2.45, 2.75) is 43.4 Å². The van der Waals surface area contributed by atoms with Crippen LogP contribution in [0.5, 0.6) is 5.75 Å². The number of aromatic hydroxyl groups is 1. The molecule has 0 aliphatic rings. The molecule has 9 N–H and O–H groups in total. The van der Waals surface area contributed by atoms with Crippen LogP contribution in [0.25, 0.3) is 10.9 Å². The van der Waals surface area contributed by atoms with Gasteiger partial charge in [-0.1, -0.05) is 30.3 Å². The van der Waals surface area contributed by atoms with Gasteiger partial charge in [-0.05, 0) is 54.2 Å². The highest BCUT2D eigenvalue weighted by molar-refractivity contribution is 7.98. The molecule has 1 aromatic heterocycles. The van der Waals surface area contributed by atoms with Crippen LogP contribution in [0.3, 0.4) is 0 Å². The highest BCUT2D eigenvalue weighted by Crippen LogP contribution is 2.19. The smallest absolute Gasteiger partial charge is 0.328 e. The summed E-state index contributed by atoms with van der Waals surface area (Å²) in [4.78, 5) is 53.9. The molecule has 0 spiro atoms. The number of H-pyrrole nitrogens is 1. The number of amides is 3. The summed E-state index contributed by atoms with van der Waals surface area (Å²) in [5.74, 6) is -2.95. The topological polar surface area (TPSA) is 207 Å². The van der Waals surface area contributed by atoms with Gasteiger partial charge in [-0.2, -0.15) is 11.8 Å². The second-order valence-corrected chi connectivity index (χ2v) is 10.5. The van der Waals surface area contributed by atoms with Crippen molar-refractivity contribution < 1.29 is 34.5 Å². The van der Waals surface area contributed by atoms with Crippen LogP contribution < -0.4 is 21.7 Å². The molecule has 13 heteroatoms. The van der Waals surface area contributed by atoms with Crippen LogP contribution in [0.15, 0.2) is 54.7 Å². The molecule has 0 aliphatic heterocycles. The Bertz CT molecular complexity index is 1350. The van der Waals surface area contributed by atoms with Gasteiger partial charge < -0.3 is 42.0 Å². The van der Waals surface area contributed by atoms with E-state index in [4.69, 9.17) is 5.73 Å². The molecule has 0 fully saturated rings. The fraction of sp³-hybridized carbons (Fsp3) is 0.357. The molecule has 0 bridgehead atoms. The van der Waals surface area contributed by atoms with Crippen LogP contribution >= 0.6 is 11.8 Å². The van der Waals surface area contributed by atoms with Crippen LogP contribution in [-0.2, 0) is 32.0 Å². The number of carboxylic acids is 1. The molecule has 2 aromatic carbocycles. The zero-order valence-electron chi connectivity index (χ0n) is 22.5. The van der Waals surface area contributed by atoms with E-state index in [9.17, 15) is 34.5 Å². The Morgan fingerprint density at radius 1 is 0.902 bits per heavy atom. The van der Waals surface area contributed by atoms with Gasteiger partial charge in [0.1, 0.15) is 23.9 Å². The van der Waals surface area contributed by atoms with Crippen LogP contribution in [-0.4, -0.2) is 86.8 Å². The summed E-state index contributed by atoms with van der Waals surface area (Å²) in [6.45, 7) is -0.821. The number of carboxylic acid groups (broad SMARTS) is 1. The lowest BCUT2D eigenvalue weighted by atomic mass is 10.0. The van der Waals surface area contributed by atoms with E-state index in [2.05, 4.69) is 20.9 Å². The molecule has 41 heavy (non-hydrogen) atoms. The number of aliphatic carboxylic acids is 1. The van der Waals surface area contributed by atoms with Gasteiger partial charge in [-0.3, -0.25) is 14.4 Å². The Morgan fingerprint density at radius 2 is 1.54 bits per heavy atom. The lowest BCUT2D eigenvalue weighted by Gasteiger charge is -2.25. The number of carbonyl (C=O) groups excluding carboxylic acids is 3. The minimum absolute atomic E-state index is 0.0307. The predicted octanol–water partition coefficient (Wildman–Crippen LogP) is 0.270. The number of aliphatic hydroxyl groups excluding tert-OH is 1. The number of phenolic OH excluding ortho intramolecular Hbond substituents is 1. The molecule has 0 radical (unpaired) electrons. The highest BCUT2D eigenvalue weighted by atomic mass is 32.2. The molecule has 3 rings (SSSR count). The van der Waals surface area contributed by atoms with Gasteiger partial charge in [0.2, 0.25) is 17.7 Å². The fourth-order valence-electron chi connectivity index (χ4n) is 4.22. The highest BCUT2D eigenvalue weighted by Gasteiger charge is 2.30. The van der Waals surface area contributed by atoms with Crippen molar-refractivity contribution >= 4 is 46.4 Å². The van der Waals surface area contributed by atoms with Crippen molar-refractivity contribution in [2.75, 3.05) is 18.6 Å². The third-order valence-electron chi connectivity index (χ3n) is 6.50. The molecule has 0 aliphatic carbocycles. The number of carbonyl (C=O) groups is 4.